The van der Waals surface area contributed by atoms with Crippen LogP contribution in [0.15, 0.2) is 6.07 Å². The lowest BCUT2D eigenvalue weighted by atomic mass is 9.91. The minimum atomic E-state index is -0.360. The van der Waals surface area contributed by atoms with Crippen LogP contribution >= 0.6 is 0 Å². The highest BCUT2D eigenvalue weighted by molar-refractivity contribution is 5.57. The van der Waals surface area contributed by atoms with Crippen LogP contribution in [-0.2, 0) is 12.8 Å². The molecule has 26 heavy (non-hydrogen) atoms. The van der Waals surface area contributed by atoms with Crippen LogP contribution < -0.4 is 0 Å². The number of rotatable bonds is 11. The molecule has 3 N–H and O–H groups in total. The Morgan fingerprint density at radius 1 is 0.846 bits per heavy atom. The molecular weight excluding hydrogens is 324 g/mol. The van der Waals surface area contributed by atoms with Crippen molar-refractivity contribution in [1.82, 2.24) is 0 Å². The predicted molar refractivity (Wildman–Crippen MR) is 106 cm³/mol. The average molecular weight is 361 g/mol. The number of benzene rings is 1. The van der Waals surface area contributed by atoms with Crippen LogP contribution in [0.2, 0.25) is 0 Å². The highest BCUT2D eigenvalue weighted by Gasteiger charge is 2.39. The molecule has 0 saturated heterocycles. The normalized spacial score (nSPS) is 19.5. The minimum absolute atomic E-state index is 0.107. The Hall–Kier alpha value is -1.38. The molecule has 3 rings (SSSR count). The standard InChI is InChI=1S/C23H36O3/c1-3-23(14-15-23)11-7-4-8-17-16-19(24)21(26)20(25)18(17)9-5-6-10-22(2)12-13-22/h16,24-26H,3-15H2,1-2H3. The van der Waals surface area contributed by atoms with Gasteiger partial charge in [0.15, 0.2) is 11.5 Å². The van der Waals surface area contributed by atoms with Crippen molar-refractivity contribution in [2.24, 2.45) is 10.8 Å². The molecule has 0 unspecified atom stereocenters. The van der Waals surface area contributed by atoms with Gasteiger partial charge in [0.2, 0.25) is 5.75 Å². The van der Waals surface area contributed by atoms with Gasteiger partial charge in [-0.15, -0.1) is 0 Å². The van der Waals surface area contributed by atoms with Gasteiger partial charge in [0.25, 0.3) is 0 Å². The van der Waals surface area contributed by atoms with Gasteiger partial charge in [-0.25, -0.2) is 0 Å². The van der Waals surface area contributed by atoms with Crippen LogP contribution in [0.5, 0.6) is 17.2 Å². The zero-order valence-corrected chi connectivity index (χ0v) is 16.6. The summed E-state index contributed by atoms with van der Waals surface area (Å²) in [5.74, 6) is -0.662. The van der Waals surface area contributed by atoms with E-state index in [0.717, 1.165) is 43.2 Å². The van der Waals surface area contributed by atoms with Crippen LogP contribution in [-0.4, -0.2) is 15.3 Å². The van der Waals surface area contributed by atoms with E-state index in [1.54, 1.807) is 6.07 Å². The van der Waals surface area contributed by atoms with E-state index < -0.39 is 0 Å². The van der Waals surface area contributed by atoms with E-state index >= 15 is 0 Å². The Bertz CT molecular complexity index is 627. The maximum absolute atomic E-state index is 10.4. The topological polar surface area (TPSA) is 60.7 Å². The van der Waals surface area contributed by atoms with Gasteiger partial charge in [-0.1, -0.05) is 33.1 Å². The van der Waals surface area contributed by atoms with Gasteiger partial charge in [0, 0.05) is 5.56 Å². The van der Waals surface area contributed by atoms with E-state index in [2.05, 4.69) is 13.8 Å². The van der Waals surface area contributed by atoms with Gasteiger partial charge in [-0.05, 0) is 86.7 Å². The Morgan fingerprint density at radius 3 is 2.12 bits per heavy atom. The third-order valence-electron chi connectivity index (χ3n) is 7.12. The summed E-state index contributed by atoms with van der Waals surface area (Å²) in [6, 6.07) is 1.67. The Labute approximate surface area is 158 Å². The summed E-state index contributed by atoms with van der Waals surface area (Å²) in [4.78, 5) is 0. The molecule has 3 nitrogen and oxygen atoms in total. The molecule has 2 fully saturated rings. The molecule has 0 spiro atoms. The monoisotopic (exact) mass is 360 g/mol. The number of phenols is 3. The van der Waals surface area contributed by atoms with E-state index in [0.29, 0.717) is 10.8 Å². The molecule has 0 amide bonds. The molecule has 0 bridgehead atoms. The summed E-state index contributed by atoms with van der Waals surface area (Å²) >= 11 is 0. The minimum Gasteiger partial charge on any atom is -0.504 e. The van der Waals surface area contributed by atoms with Crippen LogP contribution in [0.25, 0.3) is 0 Å². The van der Waals surface area contributed by atoms with Gasteiger partial charge in [-0.3, -0.25) is 0 Å². The molecule has 0 heterocycles. The summed E-state index contributed by atoms with van der Waals surface area (Å²) < 4.78 is 0. The number of aromatic hydroxyl groups is 3. The lowest BCUT2D eigenvalue weighted by Gasteiger charge is -2.16. The van der Waals surface area contributed by atoms with Crippen LogP contribution in [0.3, 0.4) is 0 Å². The molecule has 146 valence electrons. The van der Waals surface area contributed by atoms with Gasteiger partial charge in [0.1, 0.15) is 0 Å². The number of unbranched alkanes of at least 4 members (excludes halogenated alkanes) is 2. The highest BCUT2D eigenvalue weighted by atomic mass is 16.3. The van der Waals surface area contributed by atoms with Crippen molar-refractivity contribution < 1.29 is 15.3 Å². The van der Waals surface area contributed by atoms with Gasteiger partial charge in [0.05, 0.1) is 0 Å². The van der Waals surface area contributed by atoms with Crippen molar-refractivity contribution in [3.05, 3.63) is 17.2 Å². The molecule has 0 aromatic heterocycles. The van der Waals surface area contributed by atoms with Crippen molar-refractivity contribution in [2.45, 2.75) is 97.3 Å². The lowest BCUT2D eigenvalue weighted by molar-refractivity contribution is 0.363. The molecule has 1 aromatic rings. The van der Waals surface area contributed by atoms with Gasteiger partial charge in [-0.2, -0.15) is 0 Å². The Balaban J connectivity index is 1.55. The zero-order chi connectivity index (χ0) is 18.8. The number of phenolic OH excluding ortho intramolecular Hbond substituents is 3. The third kappa shape index (κ3) is 4.66. The molecule has 0 atom stereocenters. The second-order valence-corrected chi connectivity index (χ2v) is 9.31. The predicted octanol–water partition coefficient (Wildman–Crippen LogP) is 6.22. The molecule has 2 aliphatic carbocycles. The molecule has 2 saturated carbocycles. The summed E-state index contributed by atoms with van der Waals surface area (Å²) in [6.45, 7) is 4.65. The average Bonchev–Trinajstić information content (AvgIpc) is 3.54. The maximum Gasteiger partial charge on any atom is 0.200 e. The molecule has 2 aliphatic rings. The SMILES string of the molecule is CCC1(CCCCc2cc(O)c(O)c(O)c2CCCCC2(C)CC2)CC1. The number of aryl methyl sites for hydroxylation is 1. The summed E-state index contributed by atoms with van der Waals surface area (Å²) in [6.07, 6.45) is 15.4. The molecular formula is C23H36O3. The summed E-state index contributed by atoms with van der Waals surface area (Å²) in [7, 11) is 0. The fraction of sp³-hybridized carbons (Fsp3) is 0.739. The van der Waals surface area contributed by atoms with Crippen molar-refractivity contribution in [3.8, 4) is 17.2 Å². The lowest BCUT2D eigenvalue weighted by Crippen LogP contribution is -2.01. The zero-order valence-electron chi connectivity index (χ0n) is 16.6. The van der Waals surface area contributed by atoms with Crippen molar-refractivity contribution in [2.75, 3.05) is 0 Å². The second kappa shape index (κ2) is 7.70. The third-order valence-corrected chi connectivity index (χ3v) is 7.12. The summed E-state index contributed by atoms with van der Waals surface area (Å²) in [5.41, 5.74) is 3.05. The summed E-state index contributed by atoms with van der Waals surface area (Å²) in [5, 5.41) is 30.2. The fourth-order valence-corrected chi connectivity index (χ4v) is 4.33. The largest absolute Gasteiger partial charge is 0.504 e. The van der Waals surface area contributed by atoms with E-state index in [-0.39, 0.29) is 17.2 Å². The molecule has 0 radical (unpaired) electrons. The van der Waals surface area contributed by atoms with Crippen molar-refractivity contribution >= 4 is 0 Å². The van der Waals surface area contributed by atoms with Crippen LogP contribution in [0.4, 0.5) is 0 Å². The molecule has 1 aromatic carbocycles. The van der Waals surface area contributed by atoms with Crippen molar-refractivity contribution in [3.63, 3.8) is 0 Å². The van der Waals surface area contributed by atoms with Crippen LogP contribution in [0, 0.1) is 10.8 Å². The Kier molecular flexibility index (Phi) is 5.74. The van der Waals surface area contributed by atoms with Gasteiger partial charge >= 0.3 is 0 Å². The van der Waals surface area contributed by atoms with E-state index in [4.69, 9.17) is 0 Å². The first-order chi connectivity index (χ1) is 12.4. The maximum atomic E-state index is 10.4. The first-order valence-corrected chi connectivity index (χ1v) is 10.6. The first kappa shape index (κ1) is 19.4. The highest BCUT2D eigenvalue weighted by Crippen LogP contribution is 2.52. The smallest absolute Gasteiger partial charge is 0.200 e. The Morgan fingerprint density at radius 2 is 1.50 bits per heavy atom. The quantitative estimate of drug-likeness (QED) is 0.324. The second-order valence-electron chi connectivity index (χ2n) is 9.31. The number of hydrogen-bond acceptors (Lipinski definition) is 3. The van der Waals surface area contributed by atoms with Crippen molar-refractivity contribution in [1.29, 1.82) is 0 Å². The fourth-order valence-electron chi connectivity index (χ4n) is 4.33. The van der Waals surface area contributed by atoms with E-state index in [1.165, 1.54) is 51.4 Å². The van der Waals surface area contributed by atoms with Crippen LogP contribution in [0.1, 0.15) is 95.6 Å². The van der Waals surface area contributed by atoms with Gasteiger partial charge < -0.3 is 15.3 Å². The number of hydrogen-bond donors (Lipinski definition) is 3. The molecule has 3 heteroatoms. The van der Waals surface area contributed by atoms with E-state index in [9.17, 15) is 15.3 Å². The van der Waals surface area contributed by atoms with E-state index in [1.807, 2.05) is 0 Å². The first-order valence-electron chi connectivity index (χ1n) is 10.6. The molecule has 0 aliphatic heterocycles.